The molecule has 7 heteroatoms. The van der Waals surface area contributed by atoms with Crippen LogP contribution in [0.2, 0.25) is 5.28 Å². The Kier molecular flexibility index (Phi) is 2.57. The van der Waals surface area contributed by atoms with Gasteiger partial charge in [-0.3, -0.25) is 4.79 Å². The number of methoxy groups -OCH3 is 1. The van der Waals surface area contributed by atoms with Crippen LogP contribution in [0.5, 0.6) is 0 Å². The first-order chi connectivity index (χ1) is 7.63. The van der Waals surface area contributed by atoms with Crippen LogP contribution in [0.3, 0.4) is 0 Å². The number of aromatic nitrogens is 3. The highest BCUT2D eigenvalue weighted by atomic mass is 35.5. The van der Waals surface area contributed by atoms with Gasteiger partial charge < -0.3 is 9.72 Å². The average Bonchev–Trinajstić information content (AvgIpc) is 2.29. The molecule has 0 saturated heterocycles. The molecule has 2 heterocycles. The normalized spacial score (nSPS) is 10.4. The van der Waals surface area contributed by atoms with Gasteiger partial charge in [0.1, 0.15) is 11.1 Å². The monoisotopic (exact) mass is 239 g/mol. The predicted molar refractivity (Wildman–Crippen MR) is 56.5 cm³/mol. The number of nitrogens with one attached hydrogen (secondary N) is 1. The van der Waals surface area contributed by atoms with Gasteiger partial charge in [-0.1, -0.05) is 0 Å². The molecular formula is C9H6ClN3O3. The second-order valence-corrected chi connectivity index (χ2v) is 3.26. The topological polar surface area (TPSA) is 84.9 Å². The molecule has 0 amide bonds. The molecule has 0 spiro atoms. The van der Waals surface area contributed by atoms with E-state index in [1.54, 1.807) is 0 Å². The third-order valence-corrected chi connectivity index (χ3v) is 2.18. The van der Waals surface area contributed by atoms with E-state index in [0.29, 0.717) is 5.52 Å². The van der Waals surface area contributed by atoms with Gasteiger partial charge in [0.2, 0.25) is 10.7 Å². The van der Waals surface area contributed by atoms with Crippen molar-refractivity contribution in [3.8, 4) is 0 Å². The molecule has 0 aliphatic carbocycles. The molecule has 2 aromatic heterocycles. The Labute approximate surface area is 94.2 Å². The van der Waals surface area contributed by atoms with E-state index < -0.39 is 11.4 Å². The van der Waals surface area contributed by atoms with Gasteiger partial charge in [-0.15, -0.1) is 0 Å². The Balaban J connectivity index is 2.78. The van der Waals surface area contributed by atoms with Crippen LogP contribution in [0.25, 0.3) is 11.0 Å². The second-order valence-electron chi connectivity index (χ2n) is 2.92. The van der Waals surface area contributed by atoms with Gasteiger partial charge in [0.15, 0.2) is 0 Å². The maximum absolute atomic E-state index is 11.8. The highest BCUT2D eigenvalue weighted by Crippen LogP contribution is 2.07. The quantitative estimate of drug-likeness (QED) is 0.587. The van der Waals surface area contributed by atoms with Crippen molar-refractivity contribution in [1.82, 2.24) is 15.0 Å². The Hall–Kier alpha value is -1.95. The number of ether oxygens (including phenoxy) is 1. The molecule has 0 aliphatic rings. The van der Waals surface area contributed by atoms with Gasteiger partial charge in [-0.25, -0.2) is 14.8 Å². The number of pyridine rings is 1. The maximum atomic E-state index is 11.8. The highest BCUT2D eigenvalue weighted by molar-refractivity contribution is 6.28. The van der Waals surface area contributed by atoms with Gasteiger partial charge in [-0.2, -0.15) is 0 Å². The summed E-state index contributed by atoms with van der Waals surface area (Å²) in [5, 5.41) is -0.0555. The molecule has 82 valence electrons. The molecule has 2 aromatic rings. The molecule has 2 rings (SSSR count). The van der Waals surface area contributed by atoms with E-state index in [-0.39, 0.29) is 16.4 Å². The molecule has 16 heavy (non-hydrogen) atoms. The van der Waals surface area contributed by atoms with E-state index in [0.717, 1.165) is 0 Å². The standard InChI is InChI=1S/C9H6ClN3O3/c1-16-8(15)4-2-11-5-3-12-9(10)13-6(5)7(4)14/h2-3H,1H3,(H,11,14). The van der Waals surface area contributed by atoms with Crippen molar-refractivity contribution in [2.75, 3.05) is 7.11 Å². The molecule has 0 bridgehead atoms. The Bertz CT molecular complexity index is 623. The first kappa shape index (κ1) is 10.6. The third-order valence-electron chi connectivity index (χ3n) is 2.00. The number of carbonyl (C=O) groups excluding carboxylic acids is 1. The van der Waals surface area contributed by atoms with E-state index >= 15 is 0 Å². The Morgan fingerprint density at radius 1 is 1.56 bits per heavy atom. The van der Waals surface area contributed by atoms with Crippen molar-refractivity contribution in [3.05, 3.63) is 33.5 Å². The summed E-state index contributed by atoms with van der Waals surface area (Å²) in [6.07, 6.45) is 2.63. The van der Waals surface area contributed by atoms with Crippen molar-refractivity contribution in [1.29, 1.82) is 0 Å². The molecule has 0 aliphatic heterocycles. The van der Waals surface area contributed by atoms with E-state index in [1.807, 2.05) is 0 Å². The number of halogens is 1. The zero-order chi connectivity index (χ0) is 11.7. The van der Waals surface area contributed by atoms with Gasteiger partial charge in [0.05, 0.1) is 18.8 Å². The lowest BCUT2D eigenvalue weighted by atomic mass is 10.2. The Morgan fingerprint density at radius 2 is 2.31 bits per heavy atom. The third kappa shape index (κ3) is 1.63. The largest absolute Gasteiger partial charge is 0.465 e. The zero-order valence-corrected chi connectivity index (χ0v) is 8.91. The fourth-order valence-corrected chi connectivity index (χ4v) is 1.38. The second kappa shape index (κ2) is 3.90. The van der Waals surface area contributed by atoms with Gasteiger partial charge in [0.25, 0.3) is 0 Å². The van der Waals surface area contributed by atoms with Crippen LogP contribution in [0, 0.1) is 0 Å². The molecule has 0 saturated carbocycles. The minimum atomic E-state index is -0.724. The minimum absolute atomic E-state index is 0.0555. The van der Waals surface area contributed by atoms with E-state index in [9.17, 15) is 9.59 Å². The van der Waals surface area contributed by atoms with Crippen LogP contribution in [0.15, 0.2) is 17.2 Å². The molecule has 0 radical (unpaired) electrons. The highest BCUT2D eigenvalue weighted by Gasteiger charge is 2.14. The molecule has 6 nitrogen and oxygen atoms in total. The lowest BCUT2D eigenvalue weighted by molar-refractivity contribution is 0.0599. The van der Waals surface area contributed by atoms with Crippen LogP contribution in [-0.4, -0.2) is 28.0 Å². The number of rotatable bonds is 1. The van der Waals surface area contributed by atoms with Gasteiger partial charge in [0, 0.05) is 6.20 Å². The number of aromatic amines is 1. The fourth-order valence-electron chi connectivity index (χ4n) is 1.24. The van der Waals surface area contributed by atoms with Crippen LogP contribution < -0.4 is 5.43 Å². The summed E-state index contributed by atoms with van der Waals surface area (Å²) in [6.45, 7) is 0. The maximum Gasteiger partial charge on any atom is 0.343 e. The summed E-state index contributed by atoms with van der Waals surface area (Å²) < 4.78 is 4.46. The van der Waals surface area contributed by atoms with Crippen molar-refractivity contribution >= 4 is 28.6 Å². The zero-order valence-electron chi connectivity index (χ0n) is 8.15. The first-order valence-corrected chi connectivity index (χ1v) is 4.63. The number of fused-ring (bicyclic) bond motifs is 1. The smallest absolute Gasteiger partial charge is 0.343 e. The summed E-state index contributed by atoms with van der Waals surface area (Å²) >= 11 is 5.57. The molecule has 0 fully saturated rings. The lowest BCUT2D eigenvalue weighted by Gasteiger charge is -2.00. The summed E-state index contributed by atoms with van der Waals surface area (Å²) in [7, 11) is 1.19. The fraction of sp³-hybridized carbons (Fsp3) is 0.111. The summed E-state index contributed by atoms with van der Waals surface area (Å²) in [6, 6.07) is 0. The van der Waals surface area contributed by atoms with Gasteiger partial charge in [-0.05, 0) is 11.6 Å². The SMILES string of the molecule is COC(=O)c1c[nH]c2cnc(Cl)nc2c1=O. The first-order valence-electron chi connectivity index (χ1n) is 4.25. The van der Waals surface area contributed by atoms with Crippen LogP contribution in [0.4, 0.5) is 0 Å². The number of esters is 1. The van der Waals surface area contributed by atoms with E-state index in [4.69, 9.17) is 11.6 Å². The van der Waals surface area contributed by atoms with Gasteiger partial charge >= 0.3 is 5.97 Å². The van der Waals surface area contributed by atoms with Crippen LogP contribution >= 0.6 is 11.6 Å². The Morgan fingerprint density at radius 3 is 3.00 bits per heavy atom. The van der Waals surface area contributed by atoms with Crippen LogP contribution in [0.1, 0.15) is 10.4 Å². The van der Waals surface area contributed by atoms with Crippen LogP contribution in [-0.2, 0) is 4.74 Å². The van der Waals surface area contributed by atoms with Crippen molar-refractivity contribution in [2.45, 2.75) is 0 Å². The molecule has 0 aromatic carbocycles. The molecule has 1 N–H and O–H groups in total. The van der Waals surface area contributed by atoms with Crippen molar-refractivity contribution in [2.24, 2.45) is 0 Å². The minimum Gasteiger partial charge on any atom is -0.465 e. The molecular weight excluding hydrogens is 234 g/mol. The molecule has 0 atom stereocenters. The number of H-pyrrole nitrogens is 1. The number of hydrogen-bond acceptors (Lipinski definition) is 5. The molecule has 0 unspecified atom stereocenters. The lowest BCUT2D eigenvalue weighted by Crippen LogP contribution is -2.18. The van der Waals surface area contributed by atoms with E-state index in [2.05, 4.69) is 19.7 Å². The number of carbonyl (C=O) groups is 1. The van der Waals surface area contributed by atoms with Crippen molar-refractivity contribution < 1.29 is 9.53 Å². The summed E-state index contributed by atoms with van der Waals surface area (Å²) in [4.78, 5) is 33.2. The predicted octanol–water partition coefficient (Wildman–Crippen LogP) is 0.758. The average molecular weight is 240 g/mol. The number of nitrogens with zero attached hydrogens (tertiary/aromatic N) is 2. The van der Waals surface area contributed by atoms with E-state index in [1.165, 1.54) is 19.5 Å². The van der Waals surface area contributed by atoms with Crippen molar-refractivity contribution in [3.63, 3.8) is 0 Å². The summed E-state index contributed by atoms with van der Waals surface area (Å²) in [5.41, 5.74) is -0.195. The number of hydrogen-bond donors (Lipinski definition) is 1. The summed E-state index contributed by atoms with van der Waals surface area (Å²) in [5.74, 6) is -0.724.